The molecule has 0 unspecified atom stereocenters. The summed E-state index contributed by atoms with van der Waals surface area (Å²) in [5.41, 5.74) is 2.38. The average Bonchev–Trinajstić information content (AvgIpc) is 2.59. The zero-order valence-electron chi connectivity index (χ0n) is 14.0. The number of rotatable bonds is 9. The standard InChI is InChI=1S/C19H25NO3S/c1-16(7-8-17-5-3-2-4-6-17)20-15-18-9-11-19(12-10-18)24(22,23)14-13-21/h2-6,9-12,16,20-21H,7-8,13-15H2,1H3/t16-/m0/s1. The first kappa shape index (κ1) is 18.6. The van der Waals surface area contributed by atoms with Crippen LogP contribution in [-0.2, 0) is 22.8 Å². The maximum Gasteiger partial charge on any atom is 0.180 e. The Kier molecular flexibility index (Phi) is 6.97. The Hall–Kier alpha value is -1.69. The van der Waals surface area contributed by atoms with Gasteiger partial charge in [-0.15, -0.1) is 0 Å². The summed E-state index contributed by atoms with van der Waals surface area (Å²) in [5, 5.41) is 12.3. The molecular weight excluding hydrogens is 322 g/mol. The summed E-state index contributed by atoms with van der Waals surface area (Å²) in [4.78, 5) is 0.262. The van der Waals surface area contributed by atoms with Crippen molar-refractivity contribution in [2.75, 3.05) is 12.4 Å². The third-order valence-electron chi connectivity index (χ3n) is 4.01. The lowest BCUT2D eigenvalue weighted by molar-refractivity contribution is 0.319. The Bertz CT molecular complexity index is 712. The second-order valence-corrected chi connectivity index (χ2v) is 8.10. The van der Waals surface area contributed by atoms with Crippen molar-refractivity contribution in [2.24, 2.45) is 0 Å². The van der Waals surface area contributed by atoms with E-state index >= 15 is 0 Å². The molecule has 0 aliphatic carbocycles. The second kappa shape index (κ2) is 8.97. The van der Waals surface area contributed by atoms with Crippen molar-refractivity contribution in [3.8, 4) is 0 Å². The van der Waals surface area contributed by atoms with Crippen LogP contribution in [0.25, 0.3) is 0 Å². The van der Waals surface area contributed by atoms with E-state index in [0.717, 1.165) is 18.4 Å². The molecule has 130 valence electrons. The molecule has 0 radical (unpaired) electrons. The topological polar surface area (TPSA) is 66.4 Å². The fourth-order valence-corrected chi connectivity index (χ4v) is 3.50. The largest absolute Gasteiger partial charge is 0.395 e. The molecule has 0 aromatic heterocycles. The molecule has 0 spiro atoms. The first-order valence-electron chi connectivity index (χ1n) is 8.21. The fraction of sp³-hybridized carbons (Fsp3) is 0.368. The lowest BCUT2D eigenvalue weighted by Gasteiger charge is -2.14. The van der Waals surface area contributed by atoms with E-state index < -0.39 is 9.84 Å². The van der Waals surface area contributed by atoms with Crippen LogP contribution in [0.3, 0.4) is 0 Å². The molecule has 2 rings (SSSR count). The number of aliphatic hydroxyl groups excluding tert-OH is 1. The molecule has 2 aromatic rings. The minimum atomic E-state index is -3.37. The lowest BCUT2D eigenvalue weighted by atomic mass is 10.1. The SMILES string of the molecule is C[C@@H](CCc1ccccc1)NCc1ccc(S(=O)(=O)CCO)cc1. The van der Waals surface area contributed by atoms with Crippen LogP contribution >= 0.6 is 0 Å². The molecule has 0 heterocycles. The van der Waals surface area contributed by atoms with Gasteiger partial charge in [0.1, 0.15) is 0 Å². The third-order valence-corrected chi connectivity index (χ3v) is 5.72. The van der Waals surface area contributed by atoms with Crippen molar-refractivity contribution in [1.82, 2.24) is 5.32 Å². The molecule has 1 atom stereocenters. The molecule has 0 amide bonds. The van der Waals surface area contributed by atoms with Crippen molar-refractivity contribution < 1.29 is 13.5 Å². The van der Waals surface area contributed by atoms with E-state index in [1.807, 2.05) is 18.2 Å². The Morgan fingerprint density at radius 2 is 1.67 bits per heavy atom. The lowest BCUT2D eigenvalue weighted by Crippen LogP contribution is -2.26. The molecule has 24 heavy (non-hydrogen) atoms. The molecule has 2 N–H and O–H groups in total. The molecule has 0 aliphatic heterocycles. The molecule has 0 fully saturated rings. The highest BCUT2D eigenvalue weighted by molar-refractivity contribution is 7.91. The predicted molar refractivity (Wildman–Crippen MR) is 96.6 cm³/mol. The van der Waals surface area contributed by atoms with Crippen LogP contribution in [0.1, 0.15) is 24.5 Å². The monoisotopic (exact) mass is 347 g/mol. The van der Waals surface area contributed by atoms with Crippen molar-refractivity contribution in [3.63, 3.8) is 0 Å². The first-order valence-corrected chi connectivity index (χ1v) is 9.86. The second-order valence-electron chi connectivity index (χ2n) is 5.99. The van der Waals surface area contributed by atoms with Gasteiger partial charge in [0.15, 0.2) is 9.84 Å². The van der Waals surface area contributed by atoms with Crippen LogP contribution in [0, 0.1) is 0 Å². The normalized spacial score (nSPS) is 12.9. The van der Waals surface area contributed by atoms with Crippen molar-refractivity contribution in [3.05, 3.63) is 65.7 Å². The average molecular weight is 347 g/mol. The van der Waals surface area contributed by atoms with Gasteiger partial charge in [0.2, 0.25) is 0 Å². The van der Waals surface area contributed by atoms with Gasteiger partial charge in [-0.3, -0.25) is 0 Å². The number of hydrogen-bond acceptors (Lipinski definition) is 4. The van der Waals surface area contributed by atoms with Crippen LogP contribution in [0.15, 0.2) is 59.5 Å². The molecule has 0 bridgehead atoms. The van der Waals surface area contributed by atoms with E-state index in [2.05, 4.69) is 36.5 Å². The zero-order valence-corrected chi connectivity index (χ0v) is 14.8. The Morgan fingerprint density at radius 3 is 2.29 bits per heavy atom. The van der Waals surface area contributed by atoms with Gasteiger partial charge in [-0.25, -0.2) is 8.42 Å². The number of hydrogen-bond donors (Lipinski definition) is 2. The van der Waals surface area contributed by atoms with Crippen molar-refractivity contribution in [2.45, 2.75) is 37.2 Å². The third kappa shape index (κ3) is 5.74. The molecule has 0 saturated heterocycles. The van der Waals surface area contributed by atoms with Gasteiger partial charge >= 0.3 is 0 Å². The number of sulfone groups is 1. The zero-order chi connectivity index (χ0) is 17.4. The van der Waals surface area contributed by atoms with Gasteiger partial charge in [-0.05, 0) is 43.0 Å². The summed E-state index contributed by atoms with van der Waals surface area (Å²) in [5.74, 6) is -0.235. The quantitative estimate of drug-likeness (QED) is 0.732. The van der Waals surface area contributed by atoms with Crippen LogP contribution in [0.5, 0.6) is 0 Å². The van der Waals surface area contributed by atoms with Gasteiger partial charge in [0.25, 0.3) is 0 Å². The predicted octanol–water partition coefficient (Wildman–Crippen LogP) is 2.56. The maximum absolute atomic E-state index is 11.9. The van der Waals surface area contributed by atoms with E-state index in [1.165, 1.54) is 5.56 Å². The van der Waals surface area contributed by atoms with E-state index in [9.17, 15) is 8.42 Å². The smallest absolute Gasteiger partial charge is 0.180 e. The Balaban J connectivity index is 1.81. The molecule has 0 aliphatic rings. The molecular formula is C19H25NO3S. The molecule has 0 saturated carbocycles. The van der Waals surface area contributed by atoms with E-state index in [0.29, 0.717) is 12.6 Å². The summed E-state index contributed by atoms with van der Waals surface area (Å²) in [7, 11) is -3.37. The van der Waals surface area contributed by atoms with Crippen molar-refractivity contribution >= 4 is 9.84 Å². The van der Waals surface area contributed by atoms with E-state index in [-0.39, 0.29) is 17.3 Å². The summed E-state index contributed by atoms with van der Waals surface area (Å²) in [6, 6.07) is 17.6. The number of benzene rings is 2. The van der Waals surface area contributed by atoms with Crippen LogP contribution in [0.4, 0.5) is 0 Å². The van der Waals surface area contributed by atoms with Gasteiger partial charge in [-0.2, -0.15) is 0 Å². The Labute approximate surface area is 144 Å². The van der Waals surface area contributed by atoms with Gasteiger partial charge in [0.05, 0.1) is 17.3 Å². The van der Waals surface area contributed by atoms with E-state index in [4.69, 9.17) is 5.11 Å². The van der Waals surface area contributed by atoms with Gasteiger partial charge in [-0.1, -0.05) is 42.5 Å². The van der Waals surface area contributed by atoms with Gasteiger partial charge < -0.3 is 10.4 Å². The molecule has 5 heteroatoms. The summed E-state index contributed by atoms with van der Waals surface area (Å²) >= 11 is 0. The molecule has 4 nitrogen and oxygen atoms in total. The van der Waals surface area contributed by atoms with Crippen LogP contribution in [0.2, 0.25) is 0 Å². The molecule has 2 aromatic carbocycles. The highest BCUT2D eigenvalue weighted by Gasteiger charge is 2.13. The van der Waals surface area contributed by atoms with Crippen molar-refractivity contribution in [1.29, 1.82) is 0 Å². The highest BCUT2D eigenvalue weighted by Crippen LogP contribution is 2.13. The number of aliphatic hydroxyl groups is 1. The highest BCUT2D eigenvalue weighted by atomic mass is 32.2. The van der Waals surface area contributed by atoms with Crippen LogP contribution < -0.4 is 5.32 Å². The number of nitrogens with one attached hydrogen (secondary N) is 1. The number of aryl methyl sites for hydroxylation is 1. The first-order chi connectivity index (χ1) is 11.5. The van der Waals surface area contributed by atoms with E-state index in [1.54, 1.807) is 12.1 Å². The summed E-state index contributed by atoms with van der Waals surface area (Å²) < 4.78 is 23.7. The van der Waals surface area contributed by atoms with Crippen LogP contribution in [-0.4, -0.2) is 31.9 Å². The minimum absolute atomic E-state index is 0.235. The minimum Gasteiger partial charge on any atom is -0.395 e. The Morgan fingerprint density at radius 1 is 1.00 bits per heavy atom. The summed E-state index contributed by atoms with van der Waals surface area (Å²) in [6.45, 7) is 2.50. The summed E-state index contributed by atoms with van der Waals surface area (Å²) in [6.07, 6.45) is 2.08. The maximum atomic E-state index is 11.9. The fourth-order valence-electron chi connectivity index (χ4n) is 2.47. The van der Waals surface area contributed by atoms with Gasteiger partial charge in [0, 0.05) is 12.6 Å².